The molecule has 0 unspecified atom stereocenters. The predicted molar refractivity (Wildman–Crippen MR) is 117 cm³/mol. The molecule has 1 fully saturated rings. The van der Waals surface area contributed by atoms with Crippen LogP contribution in [0.1, 0.15) is 42.1 Å². The number of nitrogens with zero attached hydrogens (tertiary/aromatic N) is 5. The first-order valence-corrected chi connectivity index (χ1v) is 11.0. The van der Waals surface area contributed by atoms with Gasteiger partial charge >= 0.3 is 0 Å². The number of oxime groups is 1. The van der Waals surface area contributed by atoms with Crippen LogP contribution in [0, 0.1) is 0 Å². The molecule has 3 aromatic heterocycles. The van der Waals surface area contributed by atoms with Crippen LogP contribution in [0.15, 0.2) is 59.5 Å². The average Bonchev–Trinajstić information content (AvgIpc) is 3.47. The zero-order valence-electron chi connectivity index (χ0n) is 17.0. The molecule has 1 saturated heterocycles. The van der Waals surface area contributed by atoms with Crippen LogP contribution in [0.25, 0.3) is 0 Å². The molecule has 0 bridgehead atoms. The van der Waals surface area contributed by atoms with Gasteiger partial charge in [-0.2, -0.15) is 0 Å². The van der Waals surface area contributed by atoms with Gasteiger partial charge in [0.2, 0.25) is 0 Å². The highest BCUT2D eigenvalue weighted by Crippen LogP contribution is 2.27. The van der Waals surface area contributed by atoms with Crippen LogP contribution in [-0.4, -0.2) is 50.8 Å². The van der Waals surface area contributed by atoms with Gasteiger partial charge in [0.15, 0.2) is 6.61 Å². The minimum Gasteiger partial charge on any atom is -0.385 e. The average molecular weight is 424 g/mol. The Kier molecular flexibility index (Phi) is 6.53. The number of imidazole rings is 1. The number of hydrogen-bond acceptors (Lipinski definition) is 6. The first-order chi connectivity index (χ1) is 14.7. The van der Waals surface area contributed by atoms with Crippen LogP contribution >= 0.6 is 11.3 Å². The van der Waals surface area contributed by atoms with Crippen molar-refractivity contribution in [3.63, 3.8) is 0 Å². The van der Waals surface area contributed by atoms with Crippen molar-refractivity contribution in [1.29, 1.82) is 0 Å². The summed E-state index contributed by atoms with van der Waals surface area (Å²) in [7, 11) is 0. The van der Waals surface area contributed by atoms with Crippen molar-refractivity contribution in [1.82, 2.24) is 19.4 Å². The summed E-state index contributed by atoms with van der Waals surface area (Å²) >= 11 is 1.60. The summed E-state index contributed by atoms with van der Waals surface area (Å²) in [5, 5.41) is 6.06. The molecule has 0 saturated carbocycles. The number of piperidine rings is 1. The third-order valence-electron chi connectivity index (χ3n) is 5.29. The molecule has 0 aliphatic carbocycles. The fraction of sp³-hybridized carbons (Fsp3) is 0.364. The number of carbonyl (C=O) groups is 1. The normalized spacial score (nSPS) is 15.4. The van der Waals surface area contributed by atoms with Gasteiger partial charge in [0.25, 0.3) is 5.91 Å². The Morgan fingerprint density at radius 2 is 2.07 bits per heavy atom. The maximum Gasteiger partial charge on any atom is 0.263 e. The lowest BCUT2D eigenvalue weighted by Gasteiger charge is -2.31. The van der Waals surface area contributed by atoms with Crippen molar-refractivity contribution >= 4 is 23.0 Å². The third kappa shape index (κ3) is 4.94. The number of likely N-dealkylation sites (tertiary alicyclic amines) is 1. The summed E-state index contributed by atoms with van der Waals surface area (Å²) in [6, 6.07) is 9.89. The van der Waals surface area contributed by atoms with Crippen LogP contribution < -0.4 is 0 Å². The van der Waals surface area contributed by atoms with Crippen molar-refractivity contribution in [2.24, 2.45) is 5.16 Å². The first-order valence-electron chi connectivity index (χ1n) is 10.1. The Morgan fingerprint density at radius 1 is 1.20 bits per heavy atom. The molecule has 156 valence electrons. The van der Waals surface area contributed by atoms with E-state index >= 15 is 0 Å². The Labute approximate surface area is 180 Å². The van der Waals surface area contributed by atoms with Crippen LogP contribution in [0.4, 0.5) is 0 Å². The number of carbonyl (C=O) groups excluding carboxylic acids is 1. The lowest BCUT2D eigenvalue weighted by atomic mass is 9.96. The molecule has 0 aromatic carbocycles. The van der Waals surface area contributed by atoms with Gasteiger partial charge in [-0.3, -0.25) is 9.78 Å². The van der Waals surface area contributed by atoms with Crippen molar-refractivity contribution in [3.8, 4) is 0 Å². The summed E-state index contributed by atoms with van der Waals surface area (Å²) in [6.07, 6.45) is 7.44. The van der Waals surface area contributed by atoms with E-state index in [9.17, 15) is 4.79 Å². The summed E-state index contributed by atoms with van der Waals surface area (Å²) in [4.78, 5) is 29.7. The maximum absolute atomic E-state index is 12.5. The fourth-order valence-electron chi connectivity index (χ4n) is 3.67. The van der Waals surface area contributed by atoms with Crippen molar-refractivity contribution in [2.75, 3.05) is 19.7 Å². The molecule has 0 atom stereocenters. The summed E-state index contributed by atoms with van der Waals surface area (Å²) in [6.45, 7) is 3.98. The third-order valence-corrected chi connectivity index (χ3v) is 6.26. The zero-order valence-corrected chi connectivity index (χ0v) is 17.8. The molecular weight excluding hydrogens is 398 g/mol. The molecule has 1 amide bonds. The maximum atomic E-state index is 12.5. The van der Waals surface area contributed by atoms with E-state index < -0.39 is 0 Å². The second-order valence-corrected chi connectivity index (χ2v) is 8.26. The van der Waals surface area contributed by atoms with E-state index in [-0.39, 0.29) is 12.5 Å². The number of rotatable bonds is 7. The monoisotopic (exact) mass is 423 g/mol. The zero-order chi connectivity index (χ0) is 20.8. The molecule has 1 aliphatic rings. The SMILES string of the molecule is CC(=NOCC(=O)N1CCC(c2nccn2Cc2ccccn2)CC1)c1cccs1. The number of hydrogen-bond donors (Lipinski definition) is 0. The van der Waals surface area contributed by atoms with Crippen LogP contribution in [0.3, 0.4) is 0 Å². The highest BCUT2D eigenvalue weighted by atomic mass is 32.1. The standard InChI is InChI=1S/C22H25N5O2S/c1-17(20-6-4-14-30-20)25-29-16-21(28)26-11-7-18(8-12-26)22-24-10-13-27(22)15-19-5-2-3-9-23-19/h2-6,9-10,13-14,18H,7-8,11-12,15-16H2,1H3. The number of thiophene rings is 1. The second kappa shape index (κ2) is 9.67. The lowest BCUT2D eigenvalue weighted by Crippen LogP contribution is -2.40. The number of aromatic nitrogens is 3. The van der Waals surface area contributed by atoms with E-state index in [1.165, 1.54) is 0 Å². The summed E-state index contributed by atoms with van der Waals surface area (Å²) < 4.78 is 2.16. The van der Waals surface area contributed by atoms with Gasteiger partial charge in [-0.1, -0.05) is 17.3 Å². The van der Waals surface area contributed by atoms with E-state index in [0.29, 0.717) is 25.6 Å². The van der Waals surface area contributed by atoms with Crippen molar-refractivity contribution < 1.29 is 9.63 Å². The predicted octanol–water partition coefficient (Wildman–Crippen LogP) is 3.53. The van der Waals surface area contributed by atoms with Crippen molar-refractivity contribution in [2.45, 2.75) is 32.2 Å². The Bertz CT molecular complexity index is 976. The summed E-state index contributed by atoms with van der Waals surface area (Å²) in [5.41, 5.74) is 1.80. The van der Waals surface area contributed by atoms with Gasteiger partial charge in [0, 0.05) is 37.6 Å². The topological polar surface area (TPSA) is 72.6 Å². The van der Waals surface area contributed by atoms with Gasteiger partial charge in [0.1, 0.15) is 5.82 Å². The smallest absolute Gasteiger partial charge is 0.263 e. The largest absolute Gasteiger partial charge is 0.385 e. The quantitative estimate of drug-likeness (QED) is 0.430. The second-order valence-electron chi connectivity index (χ2n) is 7.32. The molecular formula is C22H25N5O2S. The van der Waals surface area contributed by atoms with Gasteiger partial charge in [-0.05, 0) is 43.3 Å². The van der Waals surface area contributed by atoms with E-state index in [2.05, 4.69) is 19.7 Å². The minimum atomic E-state index is -0.0261. The van der Waals surface area contributed by atoms with Gasteiger partial charge in [-0.25, -0.2) is 4.98 Å². The molecule has 4 heterocycles. The first kappa shape index (κ1) is 20.3. The molecule has 3 aromatic rings. The van der Waals surface area contributed by atoms with Crippen LogP contribution in [0.5, 0.6) is 0 Å². The van der Waals surface area contributed by atoms with E-state index in [4.69, 9.17) is 4.84 Å². The van der Waals surface area contributed by atoms with Crippen molar-refractivity contribution in [3.05, 3.63) is 70.7 Å². The fourth-order valence-corrected chi connectivity index (χ4v) is 4.34. The molecule has 30 heavy (non-hydrogen) atoms. The highest BCUT2D eigenvalue weighted by Gasteiger charge is 2.26. The van der Waals surface area contributed by atoms with Gasteiger partial charge < -0.3 is 14.3 Å². The Hall–Kier alpha value is -3.00. The Morgan fingerprint density at radius 3 is 2.80 bits per heavy atom. The Balaban J connectivity index is 1.27. The molecule has 0 N–H and O–H groups in total. The lowest BCUT2D eigenvalue weighted by molar-refractivity contribution is -0.137. The highest BCUT2D eigenvalue weighted by molar-refractivity contribution is 7.12. The van der Waals surface area contributed by atoms with Crippen LogP contribution in [-0.2, 0) is 16.2 Å². The number of amides is 1. The molecule has 4 rings (SSSR count). The molecule has 7 nitrogen and oxygen atoms in total. The summed E-state index contributed by atoms with van der Waals surface area (Å²) in [5.74, 6) is 1.39. The van der Waals surface area contributed by atoms with Crippen LogP contribution in [0.2, 0.25) is 0 Å². The van der Waals surface area contributed by atoms with E-state index in [1.807, 2.05) is 66.1 Å². The molecule has 8 heteroatoms. The molecule has 1 aliphatic heterocycles. The molecule has 0 radical (unpaired) electrons. The minimum absolute atomic E-state index is 0.0204. The number of pyridine rings is 1. The molecule has 0 spiro atoms. The van der Waals surface area contributed by atoms with Gasteiger partial charge in [-0.15, -0.1) is 11.3 Å². The van der Waals surface area contributed by atoms with Gasteiger partial charge in [0.05, 0.1) is 22.8 Å². The van der Waals surface area contributed by atoms with E-state index in [0.717, 1.165) is 34.9 Å². The van der Waals surface area contributed by atoms with E-state index in [1.54, 1.807) is 11.3 Å².